The Bertz CT molecular complexity index is 1080. The van der Waals surface area contributed by atoms with Gasteiger partial charge in [-0.05, 0) is 74.1 Å². The molecule has 1 aliphatic rings. The molecule has 1 aliphatic heterocycles. The lowest BCUT2D eigenvalue weighted by molar-refractivity contribution is -0.126. The molecule has 7 nitrogen and oxygen atoms in total. The van der Waals surface area contributed by atoms with Crippen molar-refractivity contribution in [3.8, 4) is 0 Å². The van der Waals surface area contributed by atoms with Crippen LogP contribution in [0.1, 0.15) is 37.1 Å². The summed E-state index contributed by atoms with van der Waals surface area (Å²) in [5.41, 5.74) is 2.85. The van der Waals surface area contributed by atoms with Gasteiger partial charge in [-0.25, -0.2) is 4.98 Å². The van der Waals surface area contributed by atoms with Crippen LogP contribution in [-0.2, 0) is 9.59 Å². The molecule has 1 atom stereocenters. The highest BCUT2D eigenvalue weighted by molar-refractivity contribution is 5.93. The monoisotopic (exact) mass is 431 g/mol. The van der Waals surface area contributed by atoms with E-state index in [1.807, 2.05) is 31.2 Å². The predicted octanol–water partition coefficient (Wildman–Crippen LogP) is 3.73. The number of aromatic amines is 1. The van der Waals surface area contributed by atoms with E-state index in [4.69, 9.17) is 0 Å². The topological polar surface area (TPSA) is 90.1 Å². The van der Waals surface area contributed by atoms with Gasteiger partial charge in [0.25, 0.3) is 0 Å². The molecular weight excluding hydrogens is 402 g/mol. The number of pyridine rings is 1. The normalized spacial score (nSPS) is 15.7. The second kappa shape index (κ2) is 9.78. The third-order valence-corrected chi connectivity index (χ3v) is 6.10. The number of benzene rings is 1. The fourth-order valence-corrected chi connectivity index (χ4v) is 3.90. The first-order valence-electron chi connectivity index (χ1n) is 11.0. The maximum atomic E-state index is 12.7. The first kappa shape index (κ1) is 21.8. The van der Waals surface area contributed by atoms with Crippen LogP contribution >= 0.6 is 0 Å². The molecule has 0 bridgehead atoms. The van der Waals surface area contributed by atoms with E-state index in [0.29, 0.717) is 5.82 Å². The van der Waals surface area contributed by atoms with Crippen LogP contribution in [0.2, 0.25) is 0 Å². The first-order chi connectivity index (χ1) is 15.5. The summed E-state index contributed by atoms with van der Waals surface area (Å²) in [4.78, 5) is 34.4. The van der Waals surface area contributed by atoms with Crippen molar-refractivity contribution in [1.29, 1.82) is 0 Å². The highest BCUT2D eigenvalue weighted by atomic mass is 16.2. The Morgan fingerprint density at radius 3 is 2.69 bits per heavy atom. The largest absolute Gasteiger partial charge is 0.357 e. The van der Waals surface area contributed by atoms with Crippen LogP contribution in [0.5, 0.6) is 0 Å². The fraction of sp³-hybridized carbons (Fsp3) is 0.320. The first-order valence-corrected chi connectivity index (χ1v) is 11.0. The third kappa shape index (κ3) is 5.06. The summed E-state index contributed by atoms with van der Waals surface area (Å²) in [5, 5.41) is 7.27. The van der Waals surface area contributed by atoms with Crippen molar-refractivity contribution < 1.29 is 9.59 Å². The zero-order valence-electron chi connectivity index (χ0n) is 18.5. The molecule has 3 aromatic rings. The minimum Gasteiger partial charge on any atom is -0.357 e. The average molecular weight is 432 g/mol. The zero-order valence-corrected chi connectivity index (χ0v) is 18.5. The van der Waals surface area contributed by atoms with Gasteiger partial charge in [-0.15, -0.1) is 0 Å². The van der Waals surface area contributed by atoms with Crippen molar-refractivity contribution in [1.82, 2.24) is 20.2 Å². The minimum absolute atomic E-state index is 0.0186. The van der Waals surface area contributed by atoms with Crippen LogP contribution in [0.25, 0.3) is 17.0 Å². The number of carbonyl (C=O) groups excluding carboxylic acids is 2. The van der Waals surface area contributed by atoms with Gasteiger partial charge in [0.05, 0.1) is 6.04 Å². The van der Waals surface area contributed by atoms with Gasteiger partial charge in [-0.2, -0.15) is 0 Å². The number of H-pyrrole nitrogens is 1. The van der Waals surface area contributed by atoms with Gasteiger partial charge in [0, 0.05) is 36.4 Å². The standard InChI is InChI=1S/C25H29N5O2/c1-17(22-15-20-5-3-4-6-21(20)28-22)30(2)24(31)10-8-18-7-9-23(27-16-18)29-25(32)19-11-13-26-14-12-19/h3-10,15-17,19,26,28H,11-14H2,1-2H3,(H,27,29,32). The zero-order chi connectivity index (χ0) is 22.5. The lowest BCUT2D eigenvalue weighted by atomic mass is 9.97. The molecule has 0 radical (unpaired) electrons. The van der Waals surface area contributed by atoms with Crippen molar-refractivity contribution in [3.05, 3.63) is 66.0 Å². The second-order valence-electron chi connectivity index (χ2n) is 8.26. The van der Waals surface area contributed by atoms with Gasteiger partial charge in [0.1, 0.15) is 5.82 Å². The number of anilines is 1. The number of piperidine rings is 1. The summed E-state index contributed by atoms with van der Waals surface area (Å²) < 4.78 is 0. The molecular formula is C25H29N5O2. The highest BCUT2D eigenvalue weighted by Crippen LogP contribution is 2.23. The summed E-state index contributed by atoms with van der Waals surface area (Å²) in [6.07, 6.45) is 6.63. The molecule has 0 aliphatic carbocycles. The van der Waals surface area contributed by atoms with E-state index in [-0.39, 0.29) is 23.8 Å². The summed E-state index contributed by atoms with van der Waals surface area (Å²) >= 11 is 0. The Morgan fingerprint density at radius 2 is 1.97 bits per heavy atom. The Morgan fingerprint density at radius 1 is 1.19 bits per heavy atom. The van der Waals surface area contributed by atoms with Gasteiger partial charge in [0.2, 0.25) is 11.8 Å². The number of aromatic nitrogens is 2. The molecule has 3 N–H and O–H groups in total. The lowest BCUT2D eigenvalue weighted by Crippen LogP contribution is -2.34. The summed E-state index contributed by atoms with van der Waals surface area (Å²) in [6.45, 7) is 3.74. The Labute approximate surface area is 187 Å². The van der Waals surface area contributed by atoms with Crippen molar-refractivity contribution in [2.75, 3.05) is 25.5 Å². The van der Waals surface area contributed by atoms with Crippen LogP contribution in [0.15, 0.2) is 54.7 Å². The summed E-state index contributed by atoms with van der Waals surface area (Å²) in [7, 11) is 1.79. The Balaban J connectivity index is 1.34. The molecule has 7 heteroatoms. The summed E-state index contributed by atoms with van der Waals surface area (Å²) in [6, 6.07) is 13.7. The van der Waals surface area contributed by atoms with Crippen molar-refractivity contribution in [3.63, 3.8) is 0 Å². The number of nitrogens with zero attached hydrogens (tertiary/aromatic N) is 2. The van der Waals surface area contributed by atoms with E-state index in [9.17, 15) is 9.59 Å². The molecule has 1 saturated heterocycles. The molecule has 0 saturated carbocycles. The third-order valence-electron chi connectivity index (χ3n) is 6.10. The molecule has 1 fully saturated rings. The van der Waals surface area contributed by atoms with Gasteiger partial charge in [-0.3, -0.25) is 9.59 Å². The SMILES string of the molecule is CC(c1cc2ccccc2[nH]1)N(C)C(=O)C=Cc1ccc(NC(=O)C2CCNCC2)nc1. The number of rotatable bonds is 6. The number of nitrogens with one attached hydrogen (secondary N) is 3. The van der Waals surface area contributed by atoms with Crippen LogP contribution < -0.4 is 10.6 Å². The molecule has 0 spiro atoms. The lowest BCUT2D eigenvalue weighted by Gasteiger charge is -2.22. The number of likely N-dealkylation sites (N-methyl/N-ethyl adjacent to an activating group) is 1. The van der Waals surface area contributed by atoms with Gasteiger partial charge >= 0.3 is 0 Å². The maximum absolute atomic E-state index is 12.7. The molecule has 3 heterocycles. The average Bonchev–Trinajstić information content (AvgIpc) is 3.27. The Hall–Kier alpha value is -3.45. The number of para-hydroxylation sites is 1. The molecule has 166 valence electrons. The minimum atomic E-state index is -0.0977. The van der Waals surface area contributed by atoms with Crippen molar-refractivity contribution >= 4 is 34.6 Å². The van der Waals surface area contributed by atoms with E-state index in [0.717, 1.165) is 48.1 Å². The van der Waals surface area contributed by atoms with Crippen LogP contribution in [-0.4, -0.2) is 46.8 Å². The van der Waals surface area contributed by atoms with Crippen molar-refractivity contribution in [2.24, 2.45) is 5.92 Å². The maximum Gasteiger partial charge on any atom is 0.246 e. The Kier molecular flexibility index (Phi) is 6.66. The van der Waals surface area contributed by atoms with E-state index >= 15 is 0 Å². The van der Waals surface area contributed by atoms with Crippen LogP contribution in [0, 0.1) is 5.92 Å². The molecule has 2 aromatic heterocycles. The van der Waals surface area contributed by atoms with E-state index < -0.39 is 0 Å². The smallest absolute Gasteiger partial charge is 0.246 e. The van der Waals surface area contributed by atoms with Gasteiger partial charge in [0.15, 0.2) is 0 Å². The predicted molar refractivity (Wildman–Crippen MR) is 127 cm³/mol. The molecule has 32 heavy (non-hydrogen) atoms. The number of hydrogen-bond acceptors (Lipinski definition) is 4. The molecule has 1 aromatic carbocycles. The van der Waals surface area contributed by atoms with Gasteiger partial charge in [-0.1, -0.05) is 18.2 Å². The fourth-order valence-electron chi connectivity index (χ4n) is 3.90. The highest BCUT2D eigenvalue weighted by Gasteiger charge is 2.21. The van der Waals surface area contributed by atoms with Crippen molar-refractivity contribution in [2.45, 2.75) is 25.8 Å². The summed E-state index contributed by atoms with van der Waals surface area (Å²) in [5.74, 6) is 0.482. The number of amides is 2. The second-order valence-corrected chi connectivity index (χ2v) is 8.26. The number of carbonyl (C=O) groups is 2. The van der Waals surface area contributed by atoms with Gasteiger partial charge < -0.3 is 20.5 Å². The quantitative estimate of drug-likeness (QED) is 0.519. The van der Waals surface area contributed by atoms with Crippen LogP contribution in [0.3, 0.4) is 0 Å². The van der Waals surface area contributed by atoms with E-state index in [1.165, 1.54) is 0 Å². The molecule has 4 rings (SSSR count). The van der Waals surface area contributed by atoms with E-state index in [2.05, 4.69) is 32.7 Å². The van der Waals surface area contributed by atoms with E-state index in [1.54, 1.807) is 36.4 Å². The van der Waals surface area contributed by atoms with Crippen LogP contribution in [0.4, 0.5) is 5.82 Å². The molecule has 1 unspecified atom stereocenters. The molecule has 2 amide bonds. The number of hydrogen-bond donors (Lipinski definition) is 3. The number of fused-ring (bicyclic) bond motifs is 1.